The zero-order chi connectivity index (χ0) is 15.2. The first-order chi connectivity index (χ1) is 10.8. The number of fused-ring (bicyclic) bond motifs is 1. The number of nitrogens with zero attached hydrogens (tertiary/aromatic N) is 1. The number of hydrogen-bond donors (Lipinski definition) is 2. The summed E-state index contributed by atoms with van der Waals surface area (Å²) in [5.41, 5.74) is 4.36. The molecule has 3 rings (SSSR count). The van der Waals surface area contributed by atoms with Gasteiger partial charge in [-0.1, -0.05) is 30.3 Å². The van der Waals surface area contributed by atoms with E-state index < -0.39 is 0 Å². The van der Waals surface area contributed by atoms with Crippen molar-refractivity contribution in [1.82, 2.24) is 10.4 Å². The molecule has 0 atom stereocenters. The maximum atomic E-state index is 11.6. The van der Waals surface area contributed by atoms with E-state index in [2.05, 4.69) is 20.5 Å². The Bertz CT molecular complexity index is 763. The Morgan fingerprint density at radius 3 is 2.77 bits per heavy atom. The lowest BCUT2D eigenvalue weighted by Crippen LogP contribution is -2.25. The van der Waals surface area contributed by atoms with Gasteiger partial charge in [-0.05, 0) is 24.3 Å². The Hall–Kier alpha value is -3.15. The number of para-hydroxylation sites is 3. The molecule has 3 N–H and O–H groups in total. The summed E-state index contributed by atoms with van der Waals surface area (Å²) in [6.45, 7) is -0.0855. The summed E-state index contributed by atoms with van der Waals surface area (Å²) < 4.78 is 5.32. The molecule has 0 bridgehead atoms. The molecule has 6 nitrogen and oxygen atoms in total. The SMILES string of the molecule is O=C(COc1ccccc1)N/N=C/c1[nH]c2ccccc2[nH+]1. The van der Waals surface area contributed by atoms with E-state index in [-0.39, 0.29) is 12.5 Å². The van der Waals surface area contributed by atoms with Crippen molar-refractivity contribution < 1.29 is 14.5 Å². The average Bonchev–Trinajstić information content (AvgIpc) is 2.96. The van der Waals surface area contributed by atoms with Crippen LogP contribution in [0.5, 0.6) is 5.75 Å². The molecule has 0 saturated heterocycles. The molecule has 22 heavy (non-hydrogen) atoms. The third-order valence-electron chi connectivity index (χ3n) is 2.96. The molecule has 0 saturated carbocycles. The number of aromatic amines is 2. The Morgan fingerprint density at radius 1 is 1.18 bits per heavy atom. The average molecular weight is 295 g/mol. The predicted octanol–water partition coefficient (Wildman–Crippen LogP) is 1.51. The number of carbonyl (C=O) groups is 1. The van der Waals surface area contributed by atoms with Crippen LogP contribution in [0.4, 0.5) is 0 Å². The number of hydrogen-bond acceptors (Lipinski definition) is 3. The third-order valence-corrected chi connectivity index (χ3v) is 2.96. The number of imidazole rings is 1. The zero-order valence-corrected chi connectivity index (χ0v) is 11.7. The Morgan fingerprint density at radius 2 is 1.95 bits per heavy atom. The van der Waals surface area contributed by atoms with Crippen molar-refractivity contribution >= 4 is 23.2 Å². The number of carbonyl (C=O) groups excluding carboxylic acids is 1. The molecular formula is C16H15N4O2+. The zero-order valence-electron chi connectivity index (χ0n) is 11.7. The van der Waals surface area contributed by atoms with Crippen molar-refractivity contribution in [2.75, 3.05) is 6.61 Å². The summed E-state index contributed by atoms with van der Waals surface area (Å²) in [5, 5.41) is 3.88. The highest BCUT2D eigenvalue weighted by Gasteiger charge is 2.06. The molecule has 0 aliphatic rings. The second kappa shape index (κ2) is 6.53. The van der Waals surface area contributed by atoms with Gasteiger partial charge < -0.3 is 4.74 Å². The molecular weight excluding hydrogens is 280 g/mol. The Balaban J connectivity index is 1.52. The van der Waals surface area contributed by atoms with Crippen LogP contribution in [-0.2, 0) is 4.79 Å². The van der Waals surface area contributed by atoms with Crippen LogP contribution in [0.3, 0.4) is 0 Å². The van der Waals surface area contributed by atoms with E-state index in [9.17, 15) is 4.79 Å². The molecule has 6 heteroatoms. The molecule has 1 amide bonds. The smallest absolute Gasteiger partial charge is 0.298 e. The number of amides is 1. The number of nitrogens with one attached hydrogen (secondary N) is 3. The number of ether oxygens (including phenoxy) is 1. The van der Waals surface area contributed by atoms with Crippen molar-refractivity contribution in [2.24, 2.45) is 5.10 Å². The van der Waals surface area contributed by atoms with Crippen molar-refractivity contribution in [3.8, 4) is 5.75 Å². The van der Waals surface area contributed by atoms with E-state index in [1.807, 2.05) is 42.5 Å². The largest absolute Gasteiger partial charge is 0.484 e. The van der Waals surface area contributed by atoms with E-state index in [1.165, 1.54) is 6.21 Å². The summed E-state index contributed by atoms with van der Waals surface area (Å²) in [5.74, 6) is 1.02. The van der Waals surface area contributed by atoms with E-state index in [0.29, 0.717) is 11.6 Å². The molecule has 2 aromatic carbocycles. The van der Waals surface area contributed by atoms with Gasteiger partial charge in [-0.25, -0.2) is 15.4 Å². The van der Waals surface area contributed by atoms with Crippen LogP contribution in [-0.4, -0.2) is 23.7 Å². The van der Waals surface area contributed by atoms with Gasteiger partial charge in [-0.2, -0.15) is 5.10 Å². The van der Waals surface area contributed by atoms with Crippen LogP contribution in [0, 0.1) is 0 Å². The van der Waals surface area contributed by atoms with Gasteiger partial charge in [0.15, 0.2) is 17.6 Å². The lowest BCUT2D eigenvalue weighted by Gasteiger charge is -2.03. The fourth-order valence-corrected chi connectivity index (χ4v) is 1.95. The second-order valence-electron chi connectivity index (χ2n) is 4.60. The first-order valence-corrected chi connectivity index (χ1v) is 6.81. The summed E-state index contributed by atoms with van der Waals surface area (Å²) in [7, 11) is 0. The van der Waals surface area contributed by atoms with Gasteiger partial charge in [0, 0.05) is 0 Å². The first kappa shape index (κ1) is 13.8. The standard InChI is InChI=1S/C16H14N4O2/c21-16(11-22-12-6-2-1-3-7-12)20-17-10-15-18-13-8-4-5-9-14(13)19-15/h1-10H,11H2,(H,18,19)(H,20,21)/p+1/b17-10+. The summed E-state index contributed by atoms with van der Waals surface area (Å²) in [4.78, 5) is 17.9. The van der Waals surface area contributed by atoms with Crippen LogP contribution < -0.4 is 15.1 Å². The maximum Gasteiger partial charge on any atom is 0.298 e. The van der Waals surface area contributed by atoms with Gasteiger partial charge in [0.25, 0.3) is 11.7 Å². The fourth-order valence-electron chi connectivity index (χ4n) is 1.95. The van der Waals surface area contributed by atoms with Crippen molar-refractivity contribution in [3.63, 3.8) is 0 Å². The lowest BCUT2D eigenvalue weighted by atomic mass is 10.3. The second-order valence-corrected chi connectivity index (χ2v) is 4.60. The van der Waals surface area contributed by atoms with Crippen LogP contribution in [0.1, 0.15) is 5.82 Å². The number of benzene rings is 2. The topological polar surface area (TPSA) is 80.6 Å². The quantitative estimate of drug-likeness (QED) is 0.552. The van der Waals surface area contributed by atoms with Crippen LogP contribution in [0.25, 0.3) is 11.0 Å². The summed E-state index contributed by atoms with van der Waals surface area (Å²) >= 11 is 0. The van der Waals surface area contributed by atoms with Gasteiger partial charge in [-0.3, -0.25) is 4.79 Å². The normalized spacial score (nSPS) is 10.9. The first-order valence-electron chi connectivity index (χ1n) is 6.81. The van der Waals surface area contributed by atoms with Gasteiger partial charge in [0.2, 0.25) is 0 Å². The van der Waals surface area contributed by atoms with Gasteiger partial charge in [0.1, 0.15) is 12.0 Å². The van der Waals surface area contributed by atoms with Gasteiger partial charge in [-0.15, -0.1) is 0 Å². The Kier molecular flexibility index (Phi) is 4.10. The van der Waals surface area contributed by atoms with Crippen molar-refractivity contribution in [1.29, 1.82) is 0 Å². The minimum absolute atomic E-state index is 0.0855. The number of aromatic nitrogens is 2. The van der Waals surface area contributed by atoms with Crippen molar-refractivity contribution in [3.05, 3.63) is 60.4 Å². The molecule has 0 unspecified atom stereocenters. The van der Waals surface area contributed by atoms with E-state index in [0.717, 1.165) is 11.0 Å². The highest BCUT2D eigenvalue weighted by atomic mass is 16.5. The van der Waals surface area contributed by atoms with Gasteiger partial charge >= 0.3 is 0 Å². The van der Waals surface area contributed by atoms with Crippen LogP contribution >= 0.6 is 0 Å². The van der Waals surface area contributed by atoms with E-state index in [4.69, 9.17) is 4.74 Å². The third kappa shape index (κ3) is 3.49. The monoisotopic (exact) mass is 295 g/mol. The molecule has 0 aliphatic heterocycles. The summed E-state index contributed by atoms with van der Waals surface area (Å²) in [6.07, 6.45) is 1.51. The molecule has 0 radical (unpaired) electrons. The summed E-state index contributed by atoms with van der Waals surface area (Å²) in [6, 6.07) is 16.9. The molecule has 0 fully saturated rings. The number of H-pyrrole nitrogens is 2. The number of hydrazone groups is 1. The van der Waals surface area contributed by atoms with Gasteiger partial charge in [0.05, 0.1) is 0 Å². The minimum atomic E-state index is -0.323. The maximum absolute atomic E-state index is 11.6. The molecule has 0 aliphatic carbocycles. The lowest BCUT2D eigenvalue weighted by molar-refractivity contribution is -0.346. The predicted molar refractivity (Wildman–Crippen MR) is 82.5 cm³/mol. The highest BCUT2D eigenvalue weighted by Crippen LogP contribution is 2.07. The minimum Gasteiger partial charge on any atom is -0.484 e. The molecule has 110 valence electrons. The fraction of sp³-hybridized carbons (Fsp3) is 0.0625. The van der Waals surface area contributed by atoms with E-state index in [1.54, 1.807) is 12.1 Å². The highest BCUT2D eigenvalue weighted by molar-refractivity contribution is 5.82. The van der Waals surface area contributed by atoms with Crippen LogP contribution in [0.2, 0.25) is 0 Å². The molecule has 3 aromatic rings. The molecule has 1 aromatic heterocycles. The Labute approximate surface area is 126 Å². The molecule has 0 spiro atoms. The number of rotatable bonds is 5. The van der Waals surface area contributed by atoms with Crippen molar-refractivity contribution in [2.45, 2.75) is 0 Å². The molecule has 1 heterocycles. The van der Waals surface area contributed by atoms with E-state index >= 15 is 0 Å². The van der Waals surface area contributed by atoms with Crippen LogP contribution in [0.15, 0.2) is 59.7 Å².